The van der Waals surface area contributed by atoms with E-state index in [1.807, 2.05) is 0 Å². The molecular formula is C23H20N4O6. The van der Waals surface area contributed by atoms with E-state index in [2.05, 4.69) is 10.6 Å². The van der Waals surface area contributed by atoms with Crippen LogP contribution in [-0.4, -0.2) is 21.7 Å². The summed E-state index contributed by atoms with van der Waals surface area (Å²) in [6, 6.07) is 12.5. The minimum atomic E-state index is -0.583. The Morgan fingerprint density at radius 1 is 0.697 bits per heavy atom. The minimum Gasteiger partial charge on any atom is -0.321 e. The molecule has 0 unspecified atom stereocenters. The lowest BCUT2D eigenvalue weighted by Gasteiger charge is -2.19. The van der Waals surface area contributed by atoms with Gasteiger partial charge in [0.1, 0.15) is 0 Å². The number of non-ortho nitro benzene ring substituents is 2. The van der Waals surface area contributed by atoms with Gasteiger partial charge < -0.3 is 10.6 Å². The van der Waals surface area contributed by atoms with E-state index in [1.54, 1.807) is 26.8 Å². The van der Waals surface area contributed by atoms with E-state index in [0.29, 0.717) is 16.9 Å². The summed E-state index contributed by atoms with van der Waals surface area (Å²) in [6.07, 6.45) is 0. The number of nitrogens with zero attached hydrogens (tertiary/aromatic N) is 2. The van der Waals surface area contributed by atoms with Gasteiger partial charge in [-0.15, -0.1) is 0 Å². The molecule has 3 rings (SSSR count). The first-order valence-electron chi connectivity index (χ1n) is 9.81. The van der Waals surface area contributed by atoms with Crippen LogP contribution in [-0.2, 0) is 0 Å². The van der Waals surface area contributed by atoms with Crippen LogP contribution in [0.3, 0.4) is 0 Å². The first-order chi connectivity index (χ1) is 15.6. The highest BCUT2D eigenvalue weighted by Gasteiger charge is 2.19. The summed E-state index contributed by atoms with van der Waals surface area (Å²) in [5.41, 5.74) is 2.77. The molecule has 0 aromatic heterocycles. The highest BCUT2D eigenvalue weighted by molar-refractivity contribution is 6.08. The van der Waals surface area contributed by atoms with Crippen LogP contribution >= 0.6 is 0 Å². The summed E-state index contributed by atoms with van der Waals surface area (Å²) in [5, 5.41) is 27.5. The number of amides is 2. The summed E-state index contributed by atoms with van der Waals surface area (Å²) in [6.45, 7) is 5.29. The van der Waals surface area contributed by atoms with E-state index in [-0.39, 0.29) is 22.5 Å². The molecule has 0 aliphatic heterocycles. The minimum absolute atomic E-state index is 0.116. The highest BCUT2D eigenvalue weighted by Crippen LogP contribution is 2.32. The van der Waals surface area contributed by atoms with Crippen molar-refractivity contribution in [3.05, 3.63) is 103 Å². The van der Waals surface area contributed by atoms with Gasteiger partial charge in [-0.1, -0.05) is 18.2 Å². The number of nitrogens with one attached hydrogen (secondary N) is 2. The van der Waals surface area contributed by atoms with Crippen LogP contribution < -0.4 is 10.6 Å². The largest absolute Gasteiger partial charge is 0.321 e. The standard InChI is InChI=1S/C23H20N4O6/c1-13-10-14(2)21(25-23(29)17-7-5-9-19(12-17)27(32)33)15(3)20(13)24-22(28)16-6-4-8-18(11-16)26(30)31/h4-12H,1-3H3,(H,24,28)(H,25,29). The average molecular weight is 448 g/mol. The fourth-order valence-electron chi connectivity index (χ4n) is 3.46. The van der Waals surface area contributed by atoms with Gasteiger partial charge in [0.2, 0.25) is 0 Å². The maximum atomic E-state index is 12.7. The number of nitro benzene ring substituents is 2. The Morgan fingerprint density at radius 3 is 1.45 bits per heavy atom. The van der Waals surface area contributed by atoms with Crippen LogP contribution in [0.4, 0.5) is 22.7 Å². The van der Waals surface area contributed by atoms with Crippen LogP contribution in [0.25, 0.3) is 0 Å². The smallest absolute Gasteiger partial charge is 0.270 e. The summed E-state index contributed by atoms with van der Waals surface area (Å²) in [4.78, 5) is 46.3. The second-order valence-corrected chi connectivity index (χ2v) is 7.41. The number of hydrogen-bond donors (Lipinski definition) is 2. The summed E-state index contributed by atoms with van der Waals surface area (Å²) < 4.78 is 0. The first kappa shape index (κ1) is 23.1. The SMILES string of the molecule is Cc1cc(C)c(NC(=O)c2cccc([N+](=O)[O-])c2)c(C)c1NC(=O)c1cccc([N+](=O)[O-])c1. The fraction of sp³-hybridized carbons (Fsp3) is 0.130. The molecule has 10 heteroatoms. The van der Waals surface area contributed by atoms with E-state index in [9.17, 15) is 29.8 Å². The van der Waals surface area contributed by atoms with E-state index in [4.69, 9.17) is 0 Å². The molecule has 0 atom stereocenters. The molecule has 0 spiro atoms. The Bertz CT molecular complexity index is 1210. The van der Waals surface area contributed by atoms with Gasteiger partial charge in [0.15, 0.2) is 0 Å². The number of benzene rings is 3. The molecule has 3 aromatic carbocycles. The molecule has 0 heterocycles. The molecule has 168 valence electrons. The number of carbonyl (C=O) groups excluding carboxylic acids is 2. The van der Waals surface area contributed by atoms with Crippen molar-refractivity contribution in [2.45, 2.75) is 20.8 Å². The molecule has 0 aliphatic rings. The second kappa shape index (κ2) is 9.27. The van der Waals surface area contributed by atoms with Gasteiger partial charge in [0.05, 0.1) is 9.85 Å². The zero-order chi connectivity index (χ0) is 24.3. The number of hydrogen-bond acceptors (Lipinski definition) is 6. The third kappa shape index (κ3) is 5.01. The van der Waals surface area contributed by atoms with Gasteiger partial charge in [0.25, 0.3) is 23.2 Å². The lowest BCUT2D eigenvalue weighted by atomic mass is 10.0. The predicted octanol–water partition coefficient (Wildman–Crippen LogP) is 4.93. The maximum Gasteiger partial charge on any atom is 0.270 e. The molecule has 2 amide bonds. The van der Waals surface area contributed by atoms with Crippen LogP contribution in [0.5, 0.6) is 0 Å². The third-order valence-electron chi connectivity index (χ3n) is 5.09. The molecule has 0 saturated heterocycles. The Labute approximate surface area is 188 Å². The summed E-state index contributed by atoms with van der Waals surface area (Å²) in [5.74, 6) is -1.07. The number of anilines is 2. The van der Waals surface area contributed by atoms with E-state index in [1.165, 1.54) is 48.5 Å². The molecule has 0 saturated carbocycles. The quantitative estimate of drug-likeness (QED) is 0.404. The lowest BCUT2D eigenvalue weighted by molar-refractivity contribution is -0.385. The second-order valence-electron chi connectivity index (χ2n) is 7.41. The average Bonchev–Trinajstić information content (AvgIpc) is 2.79. The van der Waals surface area contributed by atoms with Crippen molar-refractivity contribution in [1.82, 2.24) is 0 Å². The highest BCUT2D eigenvalue weighted by atomic mass is 16.6. The number of carbonyl (C=O) groups is 2. The van der Waals surface area contributed by atoms with Crippen molar-refractivity contribution in [2.75, 3.05) is 10.6 Å². The van der Waals surface area contributed by atoms with Crippen molar-refractivity contribution in [3.8, 4) is 0 Å². The molecule has 10 nitrogen and oxygen atoms in total. The van der Waals surface area contributed by atoms with Crippen molar-refractivity contribution in [3.63, 3.8) is 0 Å². The lowest BCUT2D eigenvalue weighted by Crippen LogP contribution is -2.17. The molecular weight excluding hydrogens is 428 g/mol. The van der Waals surface area contributed by atoms with Gasteiger partial charge in [-0.25, -0.2) is 0 Å². The van der Waals surface area contributed by atoms with Crippen LogP contribution in [0, 0.1) is 41.0 Å². The number of nitro groups is 2. The third-order valence-corrected chi connectivity index (χ3v) is 5.09. The van der Waals surface area contributed by atoms with Crippen LogP contribution in [0.1, 0.15) is 37.4 Å². The molecule has 0 bridgehead atoms. The van der Waals surface area contributed by atoms with Crippen LogP contribution in [0.2, 0.25) is 0 Å². The molecule has 3 aromatic rings. The summed E-state index contributed by atoms with van der Waals surface area (Å²) >= 11 is 0. The Morgan fingerprint density at radius 2 is 1.09 bits per heavy atom. The van der Waals surface area contributed by atoms with E-state index in [0.717, 1.165) is 11.1 Å². The topological polar surface area (TPSA) is 144 Å². The molecule has 33 heavy (non-hydrogen) atoms. The van der Waals surface area contributed by atoms with Crippen LogP contribution in [0.15, 0.2) is 54.6 Å². The predicted molar refractivity (Wildman–Crippen MR) is 123 cm³/mol. The normalized spacial score (nSPS) is 10.4. The Kier molecular flexibility index (Phi) is 6.48. The van der Waals surface area contributed by atoms with Crippen molar-refractivity contribution in [2.24, 2.45) is 0 Å². The summed E-state index contributed by atoms with van der Waals surface area (Å²) in [7, 11) is 0. The van der Waals surface area contributed by atoms with Gasteiger partial charge >= 0.3 is 0 Å². The van der Waals surface area contributed by atoms with E-state index >= 15 is 0 Å². The molecule has 2 N–H and O–H groups in total. The van der Waals surface area contributed by atoms with Crippen molar-refractivity contribution >= 4 is 34.6 Å². The first-order valence-corrected chi connectivity index (χ1v) is 9.81. The van der Waals surface area contributed by atoms with Gasteiger partial charge in [-0.2, -0.15) is 0 Å². The maximum absolute atomic E-state index is 12.7. The Hall–Kier alpha value is -4.60. The van der Waals surface area contributed by atoms with Crippen molar-refractivity contribution < 1.29 is 19.4 Å². The zero-order valence-electron chi connectivity index (χ0n) is 18.0. The Balaban J connectivity index is 1.91. The van der Waals surface area contributed by atoms with Gasteiger partial charge in [-0.3, -0.25) is 29.8 Å². The van der Waals surface area contributed by atoms with Gasteiger partial charge in [0, 0.05) is 46.8 Å². The molecule has 0 aliphatic carbocycles. The molecule has 0 radical (unpaired) electrons. The number of aryl methyl sites for hydroxylation is 2. The molecule has 0 fully saturated rings. The van der Waals surface area contributed by atoms with Gasteiger partial charge in [-0.05, 0) is 49.6 Å². The zero-order valence-corrected chi connectivity index (χ0v) is 18.0. The monoisotopic (exact) mass is 448 g/mol. The van der Waals surface area contributed by atoms with E-state index < -0.39 is 21.7 Å². The number of rotatable bonds is 6. The fourth-order valence-corrected chi connectivity index (χ4v) is 3.46. The van der Waals surface area contributed by atoms with Crippen molar-refractivity contribution in [1.29, 1.82) is 0 Å².